The average Bonchev–Trinajstić information content (AvgIpc) is 2.42. The Morgan fingerprint density at radius 1 is 1.52 bits per heavy atom. The molecule has 6 nitrogen and oxygen atoms in total. The van der Waals surface area contributed by atoms with Crippen molar-refractivity contribution < 1.29 is 14.6 Å². The molecule has 0 spiro atoms. The molecular weight excluding hydrogens is 270 g/mol. The first-order valence-corrected chi connectivity index (χ1v) is 7.71. The first-order valence-electron chi connectivity index (χ1n) is 7.71. The predicted octanol–water partition coefficient (Wildman–Crippen LogP) is 1.63. The lowest BCUT2D eigenvalue weighted by Crippen LogP contribution is -2.47. The van der Waals surface area contributed by atoms with Gasteiger partial charge in [-0.15, -0.1) is 0 Å². The van der Waals surface area contributed by atoms with Gasteiger partial charge in [0.15, 0.2) is 0 Å². The highest BCUT2D eigenvalue weighted by Crippen LogP contribution is 2.11. The van der Waals surface area contributed by atoms with E-state index in [0.717, 1.165) is 25.2 Å². The van der Waals surface area contributed by atoms with Crippen molar-refractivity contribution in [2.24, 2.45) is 10.9 Å². The Morgan fingerprint density at radius 3 is 2.81 bits per heavy atom. The zero-order chi connectivity index (χ0) is 15.9. The number of ether oxygens (including phenoxy) is 1. The van der Waals surface area contributed by atoms with Crippen LogP contribution in [0.2, 0.25) is 0 Å². The number of rotatable bonds is 5. The van der Waals surface area contributed by atoms with E-state index in [1.54, 1.807) is 4.90 Å². The van der Waals surface area contributed by atoms with Crippen LogP contribution in [0.15, 0.2) is 4.99 Å². The van der Waals surface area contributed by atoms with Crippen molar-refractivity contribution in [2.45, 2.75) is 46.1 Å². The highest BCUT2D eigenvalue weighted by Gasteiger charge is 2.25. The third-order valence-corrected chi connectivity index (χ3v) is 3.37. The molecule has 1 unspecified atom stereocenters. The Labute approximate surface area is 127 Å². The molecule has 122 valence electrons. The van der Waals surface area contributed by atoms with Gasteiger partial charge >= 0.3 is 6.09 Å². The smallest absolute Gasteiger partial charge is 0.410 e. The number of aliphatic hydroxyl groups excluding tert-OH is 1. The largest absolute Gasteiger partial charge is 0.444 e. The number of carbonyl (C=O) groups is 1. The van der Waals surface area contributed by atoms with Crippen molar-refractivity contribution in [2.75, 3.05) is 32.8 Å². The number of nitrogens with one attached hydrogen (secondary N) is 1. The third-order valence-electron chi connectivity index (χ3n) is 3.37. The van der Waals surface area contributed by atoms with Crippen LogP contribution in [0, 0.1) is 5.92 Å². The summed E-state index contributed by atoms with van der Waals surface area (Å²) in [6, 6.07) is 0. The van der Waals surface area contributed by atoms with Gasteiger partial charge in [0.2, 0.25) is 0 Å². The number of hydrogen-bond acceptors (Lipinski definition) is 5. The van der Waals surface area contributed by atoms with E-state index in [1.807, 2.05) is 20.8 Å². The van der Waals surface area contributed by atoms with Crippen molar-refractivity contribution >= 4 is 11.9 Å². The number of aliphatic hydroxyl groups is 1. The number of amides is 1. The van der Waals surface area contributed by atoms with Gasteiger partial charge in [0.05, 0.1) is 13.1 Å². The molecule has 0 aromatic heterocycles. The Balaban J connectivity index is 2.44. The SMILES string of the molecule is CCC(CCO)CNC1=NCCN(C(=O)OC(C)(C)C)C1. The standard InChI is InChI=1S/C15H29N3O3/c1-5-12(6-9-19)10-17-13-11-18(8-7-16-13)14(20)21-15(2,3)4/h12,19H,5-11H2,1-4H3,(H,16,17). The van der Waals surface area contributed by atoms with Gasteiger partial charge < -0.3 is 15.2 Å². The maximum atomic E-state index is 12.0. The van der Waals surface area contributed by atoms with Crippen LogP contribution in [-0.4, -0.2) is 60.3 Å². The van der Waals surface area contributed by atoms with Crippen LogP contribution in [-0.2, 0) is 4.74 Å². The van der Waals surface area contributed by atoms with Crippen molar-refractivity contribution in [3.63, 3.8) is 0 Å². The van der Waals surface area contributed by atoms with Gasteiger partial charge in [-0.25, -0.2) is 4.79 Å². The van der Waals surface area contributed by atoms with Crippen LogP contribution in [0.3, 0.4) is 0 Å². The summed E-state index contributed by atoms with van der Waals surface area (Å²) < 4.78 is 5.38. The van der Waals surface area contributed by atoms with Crippen molar-refractivity contribution in [3.8, 4) is 0 Å². The molecule has 21 heavy (non-hydrogen) atoms. The molecule has 6 heteroatoms. The maximum Gasteiger partial charge on any atom is 0.410 e. The summed E-state index contributed by atoms with van der Waals surface area (Å²) in [5.74, 6) is 1.25. The molecule has 0 aliphatic carbocycles. The van der Waals surface area contributed by atoms with Gasteiger partial charge in [0.1, 0.15) is 11.4 Å². The van der Waals surface area contributed by atoms with Crippen LogP contribution in [0.1, 0.15) is 40.5 Å². The fraction of sp³-hybridized carbons (Fsp3) is 0.867. The second-order valence-corrected chi connectivity index (χ2v) is 6.40. The van der Waals surface area contributed by atoms with E-state index >= 15 is 0 Å². The average molecular weight is 299 g/mol. The summed E-state index contributed by atoms with van der Waals surface area (Å²) in [5, 5.41) is 12.3. The van der Waals surface area contributed by atoms with Gasteiger partial charge in [-0.3, -0.25) is 9.89 Å². The molecule has 0 aromatic rings. The minimum Gasteiger partial charge on any atom is -0.444 e. The van der Waals surface area contributed by atoms with E-state index in [0.29, 0.717) is 25.6 Å². The quantitative estimate of drug-likeness (QED) is 0.809. The topological polar surface area (TPSA) is 74.2 Å². The zero-order valence-electron chi connectivity index (χ0n) is 13.7. The van der Waals surface area contributed by atoms with Gasteiger partial charge in [-0.05, 0) is 33.1 Å². The molecule has 1 atom stereocenters. The first-order chi connectivity index (χ1) is 9.85. The minimum atomic E-state index is -0.478. The van der Waals surface area contributed by atoms with E-state index in [-0.39, 0.29) is 12.7 Å². The first kappa shape index (κ1) is 17.8. The molecule has 0 saturated carbocycles. The lowest BCUT2D eigenvalue weighted by Gasteiger charge is -2.30. The predicted molar refractivity (Wildman–Crippen MR) is 83.6 cm³/mol. The van der Waals surface area contributed by atoms with Gasteiger partial charge in [0, 0.05) is 19.7 Å². The van der Waals surface area contributed by atoms with Gasteiger partial charge in [0.25, 0.3) is 0 Å². The molecule has 1 amide bonds. The summed E-state index contributed by atoms with van der Waals surface area (Å²) in [6.45, 7) is 10.3. The van der Waals surface area contributed by atoms with E-state index in [1.165, 1.54) is 0 Å². The van der Waals surface area contributed by atoms with Crippen LogP contribution >= 0.6 is 0 Å². The number of carbonyl (C=O) groups excluding carboxylic acids is 1. The highest BCUT2D eigenvalue weighted by atomic mass is 16.6. The molecule has 1 aliphatic rings. The van der Waals surface area contributed by atoms with Crippen molar-refractivity contribution in [3.05, 3.63) is 0 Å². The molecule has 0 aromatic carbocycles. The minimum absolute atomic E-state index is 0.205. The molecule has 2 N–H and O–H groups in total. The second-order valence-electron chi connectivity index (χ2n) is 6.40. The Bertz CT molecular complexity index is 364. The van der Waals surface area contributed by atoms with E-state index in [4.69, 9.17) is 9.84 Å². The zero-order valence-corrected chi connectivity index (χ0v) is 13.7. The van der Waals surface area contributed by atoms with Crippen LogP contribution < -0.4 is 5.32 Å². The normalized spacial score (nSPS) is 17.2. The molecule has 1 rings (SSSR count). The summed E-state index contributed by atoms with van der Waals surface area (Å²) in [6.07, 6.45) is 1.50. The molecule has 1 heterocycles. The third kappa shape index (κ3) is 6.80. The summed E-state index contributed by atoms with van der Waals surface area (Å²) in [7, 11) is 0. The lowest BCUT2D eigenvalue weighted by molar-refractivity contribution is 0.0276. The van der Waals surface area contributed by atoms with Gasteiger partial charge in [-0.1, -0.05) is 13.3 Å². The van der Waals surface area contributed by atoms with Crippen molar-refractivity contribution in [1.29, 1.82) is 0 Å². The number of amidine groups is 1. The summed E-state index contributed by atoms with van der Waals surface area (Å²) in [5.41, 5.74) is -0.478. The van der Waals surface area contributed by atoms with Crippen LogP contribution in [0.4, 0.5) is 4.79 Å². The fourth-order valence-electron chi connectivity index (χ4n) is 2.10. The Hall–Kier alpha value is -1.30. The lowest BCUT2D eigenvalue weighted by atomic mass is 10.0. The molecule has 1 aliphatic heterocycles. The Kier molecular flexibility index (Phi) is 6.95. The number of hydrogen-bond donors (Lipinski definition) is 2. The van der Waals surface area contributed by atoms with Crippen LogP contribution in [0.25, 0.3) is 0 Å². The Morgan fingerprint density at radius 2 is 2.24 bits per heavy atom. The molecule has 0 saturated heterocycles. The van der Waals surface area contributed by atoms with E-state index in [2.05, 4.69) is 17.2 Å². The number of aliphatic imine (C=N–C) groups is 1. The highest BCUT2D eigenvalue weighted by molar-refractivity contribution is 5.87. The van der Waals surface area contributed by atoms with E-state index < -0.39 is 5.60 Å². The maximum absolute atomic E-state index is 12.0. The van der Waals surface area contributed by atoms with E-state index in [9.17, 15) is 4.79 Å². The van der Waals surface area contributed by atoms with Crippen LogP contribution in [0.5, 0.6) is 0 Å². The van der Waals surface area contributed by atoms with Gasteiger partial charge in [-0.2, -0.15) is 0 Å². The molecule has 0 radical (unpaired) electrons. The molecule has 0 fully saturated rings. The second kappa shape index (κ2) is 8.22. The molecular formula is C15H29N3O3. The van der Waals surface area contributed by atoms with Crippen molar-refractivity contribution in [1.82, 2.24) is 10.2 Å². The molecule has 0 bridgehead atoms. The fourth-order valence-corrected chi connectivity index (χ4v) is 2.10. The number of nitrogens with zero attached hydrogens (tertiary/aromatic N) is 2. The monoisotopic (exact) mass is 299 g/mol. The summed E-state index contributed by atoms with van der Waals surface area (Å²) in [4.78, 5) is 18.1. The summed E-state index contributed by atoms with van der Waals surface area (Å²) >= 11 is 0.